The van der Waals surface area contributed by atoms with Crippen LogP contribution in [0.15, 0.2) is 36.4 Å². The molecule has 0 radical (unpaired) electrons. The van der Waals surface area contributed by atoms with Crippen LogP contribution in [0.2, 0.25) is 5.02 Å². The van der Waals surface area contributed by atoms with Gasteiger partial charge in [0.05, 0.1) is 5.02 Å². The Bertz CT molecular complexity index is 638. The summed E-state index contributed by atoms with van der Waals surface area (Å²) in [6.45, 7) is 11.3. The Morgan fingerprint density at radius 1 is 1.00 bits per heavy atom. The molecule has 2 aromatic rings. The van der Waals surface area contributed by atoms with E-state index in [0.717, 1.165) is 5.75 Å². The van der Waals surface area contributed by atoms with E-state index in [1.165, 1.54) is 22.3 Å². The first-order chi connectivity index (χ1) is 9.79. The molecule has 0 heterocycles. The van der Waals surface area contributed by atoms with Crippen molar-refractivity contribution < 1.29 is 4.74 Å². The molecule has 112 valence electrons. The lowest BCUT2D eigenvalue weighted by Crippen LogP contribution is -2.15. The molecule has 0 fully saturated rings. The van der Waals surface area contributed by atoms with Gasteiger partial charge in [-0.15, -0.1) is 0 Å². The molecule has 0 atom stereocenters. The van der Waals surface area contributed by atoms with E-state index in [9.17, 15) is 0 Å². The molecule has 2 rings (SSSR count). The number of hydrogen-bond acceptors (Lipinski definition) is 1. The van der Waals surface area contributed by atoms with E-state index in [4.69, 9.17) is 16.3 Å². The van der Waals surface area contributed by atoms with E-state index in [2.05, 4.69) is 58.9 Å². The molecule has 0 amide bonds. The van der Waals surface area contributed by atoms with Crippen molar-refractivity contribution in [2.24, 2.45) is 0 Å². The van der Waals surface area contributed by atoms with Gasteiger partial charge in [-0.1, -0.05) is 56.6 Å². The van der Waals surface area contributed by atoms with E-state index in [-0.39, 0.29) is 5.41 Å². The van der Waals surface area contributed by atoms with Gasteiger partial charge in [-0.2, -0.15) is 0 Å². The maximum Gasteiger partial charge on any atom is 0.138 e. The van der Waals surface area contributed by atoms with Crippen LogP contribution in [0.4, 0.5) is 0 Å². The molecule has 0 aliphatic heterocycles. The van der Waals surface area contributed by atoms with E-state index < -0.39 is 0 Å². The molecular weight excluding hydrogens is 280 g/mol. The predicted octanol–water partition coefficient (Wildman–Crippen LogP) is 5.83. The minimum atomic E-state index is 0.104. The van der Waals surface area contributed by atoms with Gasteiger partial charge in [-0.25, -0.2) is 0 Å². The van der Waals surface area contributed by atoms with Gasteiger partial charge in [0.15, 0.2) is 0 Å². The largest absolute Gasteiger partial charge is 0.487 e. The monoisotopic (exact) mass is 302 g/mol. The second kappa shape index (κ2) is 6.11. The highest BCUT2D eigenvalue weighted by Gasteiger charge is 2.17. The van der Waals surface area contributed by atoms with Crippen molar-refractivity contribution >= 4 is 11.6 Å². The molecule has 2 aromatic carbocycles. The fourth-order valence-electron chi connectivity index (χ4n) is 2.40. The van der Waals surface area contributed by atoms with Crippen LogP contribution in [0.25, 0.3) is 0 Å². The van der Waals surface area contributed by atoms with Crippen LogP contribution in [0.3, 0.4) is 0 Å². The molecule has 0 aliphatic rings. The lowest BCUT2D eigenvalue weighted by molar-refractivity contribution is 0.302. The first-order valence-electron chi connectivity index (χ1n) is 7.27. The third-order valence-corrected chi connectivity index (χ3v) is 4.05. The summed E-state index contributed by atoms with van der Waals surface area (Å²) >= 11 is 6.27. The van der Waals surface area contributed by atoms with Crippen LogP contribution < -0.4 is 4.74 Å². The number of ether oxygens (including phenoxy) is 1. The third kappa shape index (κ3) is 3.79. The average Bonchev–Trinajstić information content (AvgIpc) is 2.41. The van der Waals surface area contributed by atoms with Crippen LogP contribution in [-0.2, 0) is 12.0 Å². The molecule has 0 aromatic heterocycles. The number of hydrogen-bond donors (Lipinski definition) is 0. The highest BCUT2D eigenvalue weighted by atomic mass is 35.5. The molecule has 0 N–H and O–H groups in total. The highest BCUT2D eigenvalue weighted by Crippen LogP contribution is 2.30. The van der Waals surface area contributed by atoms with Crippen molar-refractivity contribution in [1.82, 2.24) is 0 Å². The molecule has 0 aliphatic carbocycles. The Morgan fingerprint density at radius 2 is 1.62 bits per heavy atom. The second-order valence-corrected chi connectivity index (χ2v) is 6.97. The maximum atomic E-state index is 6.27. The van der Waals surface area contributed by atoms with Crippen LogP contribution in [0, 0.1) is 13.8 Å². The number of benzene rings is 2. The zero-order chi connectivity index (χ0) is 15.6. The van der Waals surface area contributed by atoms with Gasteiger partial charge in [0.2, 0.25) is 0 Å². The SMILES string of the molecule is Cc1cc(Cl)c(OCc2ccccc2C(C)(C)C)cc1C. The predicted molar refractivity (Wildman–Crippen MR) is 90.4 cm³/mol. The normalized spacial score (nSPS) is 11.5. The molecule has 1 nitrogen and oxygen atoms in total. The quantitative estimate of drug-likeness (QED) is 0.692. The Kier molecular flexibility index (Phi) is 4.63. The van der Waals surface area contributed by atoms with Crippen LogP contribution in [-0.4, -0.2) is 0 Å². The maximum absolute atomic E-state index is 6.27. The lowest BCUT2D eigenvalue weighted by atomic mass is 9.84. The standard InChI is InChI=1S/C19H23ClO/c1-13-10-17(20)18(11-14(13)2)21-12-15-8-6-7-9-16(15)19(3,4)5/h6-11H,12H2,1-5H3. The molecular formula is C19H23ClO. The minimum Gasteiger partial charge on any atom is -0.487 e. The van der Waals surface area contributed by atoms with Gasteiger partial charge >= 0.3 is 0 Å². The van der Waals surface area contributed by atoms with E-state index >= 15 is 0 Å². The Hall–Kier alpha value is -1.47. The molecule has 0 saturated heterocycles. The van der Waals surface area contributed by atoms with Crippen molar-refractivity contribution in [1.29, 1.82) is 0 Å². The minimum absolute atomic E-state index is 0.104. The molecule has 0 saturated carbocycles. The molecule has 21 heavy (non-hydrogen) atoms. The Labute approximate surface area is 132 Å². The summed E-state index contributed by atoms with van der Waals surface area (Å²) in [5.74, 6) is 0.753. The fraction of sp³-hybridized carbons (Fsp3) is 0.368. The smallest absolute Gasteiger partial charge is 0.138 e. The summed E-state index contributed by atoms with van der Waals surface area (Å²) < 4.78 is 5.96. The van der Waals surface area contributed by atoms with Crippen LogP contribution in [0.1, 0.15) is 43.0 Å². The van der Waals surface area contributed by atoms with E-state index in [1.807, 2.05) is 12.1 Å². The van der Waals surface area contributed by atoms with Crippen LogP contribution in [0.5, 0.6) is 5.75 Å². The molecule has 2 heteroatoms. The number of halogens is 1. The number of rotatable bonds is 3. The summed E-state index contributed by atoms with van der Waals surface area (Å²) in [6.07, 6.45) is 0. The Balaban J connectivity index is 2.23. The second-order valence-electron chi connectivity index (χ2n) is 6.56. The van der Waals surface area contributed by atoms with Crippen molar-refractivity contribution in [3.8, 4) is 5.75 Å². The first kappa shape index (κ1) is 15.9. The third-order valence-electron chi connectivity index (χ3n) is 3.76. The zero-order valence-corrected chi connectivity index (χ0v) is 14.2. The summed E-state index contributed by atoms with van der Waals surface area (Å²) in [7, 11) is 0. The number of aryl methyl sites for hydroxylation is 2. The zero-order valence-electron chi connectivity index (χ0n) is 13.5. The average molecular weight is 303 g/mol. The van der Waals surface area contributed by atoms with Gasteiger partial charge in [-0.3, -0.25) is 0 Å². The summed E-state index contributed by atoms with van der Waals surface area (Å²) in [5.41, 5.74) is 5.00. The lowest BCUT2D eigenvalue weighted by Gasteiger charge is -2.23. The molecule has 0 bridgehead atoms. The van der Waals surface area contributed by atoms with Gasteiger partial charge in [0, 0.05) is 0 Å². The summed E-state index contributed by atoms with van der Waals surface area (Å²) in [4.78, 5) is 0. The highest BCUT2D eigenvalue weighted by molar-refractivity contribution is 6.32. The van der Waals surface area contributed by atoms with Crippen molar-refractivity contribution in [2.45, 2.75) is 46.6 Å². The van der Waals surface area contributed by atoms with Crippen molar-refractivity contribution in [2.75, 3.05) is 0 Å². The van der Waals surface area contributed by atoms with E-state index in [0.29, 0.717) is 11.6 Å². The van der Waals surface area contributed by atoms with Gasteiger partial charge in [-0.05, 0) is 53.6 Å². The van der Waals surface area contributed by atoms with Crippen molar-refractivity contribution in [3.05, 3.63) is 63.7 Å². The Morgan fingerprint density at radius 3 is 2.29 bits per heavy atom. The topological polar surface area (TPSA) is 9.23 Å². The van der Waals surface area contributed by atoms with E-state index in [1.54, 1.807) is 0 Å². The molecule has 0 spiro atoms. The van der Waals surface area contributed by atoms with Gasteiger partial charge < -0.3 is 4.74 Å². The van der Waals surface area contributed by atoms with Crippen LogP contribution >= 0.6 is 11.6 Å². The van der Waals surface area contributed by atoms with Crippen molar-refractivity contribution in [3.63, 3.8) is 0 Å². The first-order valence-corrected chi connectivity index (χ1v) is 7.65. The summed E-state index contributed by atoms with van der Waals surface area (Å²) in [5, 5.41) is 0.673. The fourth-order valence-corrected chi connectivity index (χ4v) is 2.67. The van der Waals surface area contributed by atoms with Gasteiger partial charge in [0.1, 0.15) is 12.4 Å². The summed E-state index contributed by atoms with van der Waals surface area (Å²) in [6, 6.07) is 12.4. The molecule has 0 unspecified atom stereocenters. The van der Waals surface area contributed by atoms with Gasteiger partial charge in [0.25, 0.3) is 0 Å².